The van der Waals surface area contributed by atoms with Gasteiger partial charge in [0.25, 0.3) is 11.5 Å². The largest absolute Gasteiger partial charge is 0.423 e. The molecule has 0 radical (unpaired) electrons. The van der Waals surface area contributed by atoms with Crippen molar-refractivity contribution in [2.24, 2.45) is 0 Å². The topological polar surface area (TPSA) is 124 Å². The number of halogens is 6. The number of likely N-dealkylation sites (N-methyl/N-ethyl adjacent to an activating group) is 1. The third-order valence-electron chi connectivity index (χ3n) is 6.71. The standard InChI is InChI=1S/C24H27F6N7O4/c1-3-36-16-8-14(23(25,26)27)9-31-20(16)37-6-5-35(11-17(37)22(36)40)18(38)4-7-41-12-13(2)33-15-10-32-34-21(39)19(15)24(28,29)30/h8-10,13,17H,3-7,11-12H2,1-2H3,(H2,33,34,39)/t13-,17?/m0/s1. The fourth-order valence-electron chi connectivity index (χ4n) is 4.79. The molecule has 1 fully saturated rings. The molecule has 0 spiro atoms. The lowest BCUT2D eigenvalue weighted by Gasteiger charge is -2.47. The van der Waals surface area contributed by atoms with Gasteiger partial charge in [0.1, 0.15) is 11.6 Å². The van der Waals surface area contributed by atoms with Crippen LogP contribution >= 0.6 is 0 Å². The molecule has 2 aromatic heterocycles. The maximum absolute atomic E-state index is 13.2. The molecule has 2 aliphatic rings. The summed E-state index contributed by atoms with van der Waals surface area (Å²) in [7, 11) is 0. The number of nitrogens with one attached hydrogen (secondary N) is 2. The van der Waals surface area contributed by atoms with E-state index in [1.165, 1.54) is 16.7 Å². The van der Waals surface area contributed by atoms with Gasteiger partial charge in [-0.1, -0.05) is 0 Å². The number of piperazine rings is 1. The van der Waals surface area contributed by atoms with Gasteiger partial charge in [-0.15, -0.1) is 0 Å². The highest BCUT2D eigenvalue weighted by Crippen LogP contribution is 2.40. The first-order valence-corrected chi connectivity index (χ1v) is 12.6. The van der Waals surface area contributed by atoms with Crippen molar-refractivity contribution in [3.8, 4) is 0 Å². The molecule has 41 heavy (non-hydrogen) atoms. The molecular formula is C24H27F6N7O4. The molecule has 17 heteroatoms. The molecule has 2 amide bonds. The zero-order valence-corrected chi connectivity index (χ0v) is 22.0. The number of aromatic amines is 1. The van der Waals surface area contributed by atoms with Crippen molar-refractivity contribution in [2.45, 2.75) is 44.7 Å². The number of rotatable bonds is 8. The highest BCUT2D eigenvalue weighted by molar-refractivity contribution is 6.05. The van der Waals surface area contributed by atoms with E-state index in [9.17, 15) is 40.7 Å². The number of ether oxygens (including phenoxy) is 1. The molecule has 224 valence electrons. The molecule has 2 aromatic rings. The number of alkyl halides is 6. The molecule has 11 nitrogen and oxygen atoms in total. The number of carbonyl (C=O) groups excluding carboxylic acids is 2. The monoisotopic (exact) mass is 591 g/mol. The second kappa shape index (κ2) is 11.5. The summed E-state index contributed by atoms with van der Waals surface area (Å²) in [4.78, 5) is 45.9. The number of nitrogens with zero attached hydrogens (tertiary/aromatic N) is 5. The Labute approximate surface area is 229 Å². The van der Waals surface area contributed by atoms with Crippen LogP contribution in [0.25, 0.3) is 0 Å². The van der Waals surface area contributed by atoms with Crippen molar-refractivity contribution in [3.05, 3.63) is 39.9 Å². The number of pyridine rings is 1. The quantitative estimate of drug-likeness (QED) is 0.355. The van der Waals surface area contributed by atoms with Crippen LogP contribution in [0.5, 0.6) is 0 Å². The van der Waals surface area contributed by atoms with Crippen molar-refractivity contribution in [1.82, 2.24) is 20.1 Å². The predicted octanol–water partition coefficient (Wildman–Crippen LogP) is 2.49. The van der Waals surface area contributed by atoms with Gasteiger partial charge in [0.05, 0.1) is 49.3 Å². The molecule has 1 saturated heterocycles. The molecule has 0 bridgehead atoms. The molecule has 0 saturated carbocycles. The molecule has 4 heterocycles. The van der Waals surface area contributed by atoms with Gasteiger partial charge in [-0.3, -0.25) is 14.4 Å². The number of fused-ring (bicyclic) bond motifs is 3. The summed E-state index contributed by atoms with van der Waals surface area (Å²) < 4.78 is 84.7. The second-order valence-corrected chi connectivity index (χ2v) is 9.55. The fourth-order valence-corrected chi connectivity index (χ4v) is 4.79. The van der Waals surface area contributed by atoms with Crippen molar-refractivity contribution in [2.75, 3.05) is 54.5 Å². The number of H-pyrrole nitrogens is 1. The number of amides is 2. The molecule has 0 aromatic carbocycles. The minimum Gasteiger partial charge on any atom is -0.379 e. The smallest absolute Gasteiger partial charge is 0.379 e. The van der Waals surface area contributed by atoms with Crippen LogP contribution in [0, 0.1) is 0 Å². The normalized spacial score (nSPS) is 18.2. The maximum atomic E-state index is 13.2. The Hall–Kier alpha value is -3.89. The van der Waals surface area contributed by atoms with Crippen molar-refractivity contribution >= 4 is 29.0 Å². The van der Waals surface area contributed by atoms with Gasteiger partial charge in [0.2, 0.25) is 5.91 Å². The summed E-state index contributed by atoms with van der Waals surface area (Å²) in [5.41, 5.74) is -4.20. The molecule has 4 rings (SSSR count). The summed E-state index contributed by atoms with van der Waals surface area (Å²) in [6.07, 6.45) is -8.02. The van der Waals surface area contributed by atoms with Gasteiger partial charge in [0, 0.05) is 31.9 Å². The Morgan fingerprint density at radius 1 is 1.17 bits per heavy atom. The summed E-state index contributed by atoms with van der Waals surface area (Å²) in [5.74, 6) is -0.529. The Kier molecular flexibility index (Phi) is 8.46. The van der Waals surface area contributed by atoms with Gasteiger partial charge < -0.3 is 24.8 Å². The molecule has 2 N–H and O–H groups in total. The predicted molar refractivity (Wildman–Crippen MR) is 133 cm³/mol. The van der Waals surface area contributed by atoms with Gasteiger partial charge in [0.15, 0.2) is 5.82 Å². The molecule has 2 atom stereocenters. The van der Waals surface area contributed by atoms with E-state index in [2.05, 4.69) is 15.4 Å². The van der Waals surface area contributed by atoms with Crippen LogP contribution in [0.2, 0.25) is 0 Å². The number of hydrogen-bond donors (Lipinski definition) is 2. The number of anilines is 3. The SMILES string of the molecule is CCN1C(=O)C2CN(C(=O)CCOC[C@H](C)Nc3cn[nH]c(=O)c3C(F)(F)F)CCN2c2ncc(C(F)(F)F)cc21. The van der Waals surface area contributed by atoms with Crippen LogP contribution < -0.4 is 20.7 Å². The fraction of sp³-hybridized carbons (Fsp3) is 0.542. The minimum absolute atomic E-state index is 0.00401. The van der Waals surface area contributed by atoms with E-state index in [4.69, 9.17) is 4.74 Å². The Bertz CT molecular complexity index is 1350. The van der Waals surface area contributed by atoms with Crippen LogP contribution in [-0.2, 0) is 26.7 Å². The molecular weight excluding hydrogens is 564 g/mol. The van der Waals surface area contributed by atoms with Gasteiger partial charge in [-0.25, -0.2) is 10.1 Å². The second-order valence-electron chi connectivity index (χ2n) is 9.55. The Morgan fingerprint density at radius 3 is 2.56 bits per heavy atom. The van der Waals surface area contributed by atoms with Crippen LogP contribution in [0.1, 0.15) is 31.4 Å². The van der Waals surface area contributed by atoms with E-state index < -0.39 is 52.7 Å². The summed E-state index contributed by atoms with van der Waals surface area (Å²) in [5, 5.41) is 7.66. The summed E-state index contributed by atoms with van der Waals surface area (Å²) in [6, 6.07) is -0.579. The van der Waals surface area contributed by atoms with Crippen LogP contribution in [0.4, 0.5) is 43.5 Å². The van der Waals surface area contributed by atoms with Gasteiger partial charge in [-0.2, -0.15) is 31.4 Å². The summed E-state index contributed by atoms with van der Waals surface area (Å²) in [6.45, 7) is 3.51. The third kappa shape index (κ3) is 6.39. The number of aromatic nitrogens is 3. The van der Waals surface area contributed by atoms with E-state index in [-0.39, 0.29) is 63.2 Å². The van der Waals surface area contributed by atoms with Crippen molar-refractivity contribution in [1.29, 1.82) is 0 Å². The number of carbonyl (C=O) groups is 2. The molecule has 1 unspecified atom stereocenters. The zero-order chi connectivity index (χ0) is 30.1. The lowest BCUT2D eigenvalue weighted by molar-refractivity contribution is -0.138. The Balaban J connectivity index is 1.32. The van der Waals surface area contributed by atoms with E-state index in [0.29, 0.717) is 0 Å². The first kappa shape index (κ1) is 30.1. The van der Waals surface area contributed by atoms with Crippen LogP contribution in [0.15, 0.2) is 23.3 Å². The lowest BCUT2D eigenvalue weighted by atomic mass is 10.0. The number of hydrogen-bond acceptors (Lipinski definition) is 8. The van der Waals surface area contributed by atoms with Gasteiger partial charge >= 0.3 is 12.4 Å². The molecule has 0 aliphatic carbocycles. The lowest BCUT2D eigenvalue weighted by Crippen LogP contribution is -2.63. The average Bonchev–Trinajstić information content (AvgIpc) is 2.89. The highest BCUT2D eigenvalue weighted by atomic mass is 19.4. The highest BCUT2D eigenvalue weighted by Gasteiger charge is 2.44. The maximum Gasteiger partial charge on any atom is 0.423 e. The molecule has 2 aliphatic heterocycles. The third-order valence-corrected chi connectivity index (χ3v) is 6.71. The zero-order valence-electron chi connectivity index (χ0n) is 22.0. The van der Waals surface area contributed by atoms with Crippen LogP contribution in [-0.4, -0.2) is 83.4 Å². The first-order valence-electron chi connectivity index (χ1n) is 12.6. The van der Waals surface area contributed by atoms with E-state index in [0.717, 1.165) is 18.5 Å². The minimum atomic E-state index is -4.89. The van der Waals surface area contributed by atoms with Crippen molar-refractivity contribution in [3.63, 3.8) is 0 Å². The van der Waals surface area contributed by atoms with Crippen LogP contribution in [0.3, 0.4) is 0 Å². The Morgan fingerprint density at radius 2 is 1.90 bits per heavy atom. The van der Waals surface area contributed by atoms with E-state index in [1.807, 2.05) is 0 Å². The first-order chi connectivity index (χ1) is 19.2. The van der Waals surface area contributed by atoms with E-state index in [1.54, 1.807) is 16.9 Å². The van der Waals surface area contributed by atoms with E-state index >= 15 is 0 Å². The van der Waals surface area contributed by atoms with Crippen molar-refractivity contribution < 1.29 is 40.7 Å². The van der Waals surface area contributed by atoms with Gasteiger partial charge in [-0.05, 0) is 19.9 Å². The average molecular weight is 592 g/mol. The summed E-state index contributed by atoms with van der Waals surface area (Å²) >= 11 is 0.